The van der Waals surface area contributed by atoms with Gasteiger partial charge in [-0.15, -0.1) is 0 Å². The fraction of sp³-hybridized carbons (Fsp3) is 0. The molecule has 0 aliphatic carbocycles. The monoisotopic (exact) mass is 228 g/mol. The average Bonchev–Trinajstić information content (AvgIpc) is 0. The minimum absolute atomic E-state index is 0. The molecule has 0 aliphatic rings. The fourth-order valence-corrected chi connectivity index (χ4v) is 0. The van der Waals surface area contributed by atoms with Crippen LogP contribution in [0.5, 0.6) is 0 Å². The standard InChI is InChI=1S/Ca.Ce.3O/q+2;+4;3*-2. The Morgan fingerprint density at radius 2 is 0.600 bits per heavy atom. The van der Waals surface area contributed by atoms with Crippen molar-refractivity contribution in [2.45, 2.75) is 0 Å². The van der Waals surface area contributed by atoms with Crippen LogP contribution in [-0.4, -0.2) is 37.7 Å². The minimum atomic E-state index is 0. The van der Waals surface area contributed by atoms with Crippen LogP contribution in [0.25, 0.3) is 0 Å². The Hall–Kier alpha value is 2.52. The van der Waals surface area contributed by atoms with Crippen molar-refractivity contribution in [3.63, 3.8) is 0 Å². The Kier molecular flexibility index (Phi) is 316. The topological polar surface area (TPSA) is 85.5 Å². The molecule has 0 heterocycles. The van der Waals surface area contributed by atoms with Crippen LogP contribution in [0.4, 0.5) is 0 Å². The first kappa shape index (κ1) is 50.4. The van der Waals surface area contributed by atoms with E-state index in [9.17, 15) is 0 Å². The van der Waals surface area contributed by atoms with Gasteiger partial charge < -0.3 is 16.4 Å². The summed E-state index contributed by atoms with van der Waals surface area (Å²) < 4.78 is 0. The quantitative estimate of drug-likeness (QED) is 0.489. The van der Waals surface area contributed by atoms with Crippen molar-refractivity contribution < 1.29 is 58.2 Å². The van der Waals surface area contributed by atoms with Crippen molar-refractivity contribution in [1.82, 2.24) is 0 Å². The molecule has 5 heavy (non-hydrogen) atoms. The summed E-state index contributed by atoms with van der Waals surface area (Å²) in [5.74, 6) is 0. The van der Waals surface area contributed by atoms with Crippen LogP contribution < -0.4 is 0 Å². The molecule has 0 atom stereocenters. The third-order valence-electron chi connectivity index (χ3n) is 0. The first-order valence-electron chi connectivity index (χ1n) is 0. The maximum absolute atomic E-state index is 0. The zero-order valence-electron chi connectivity index (χ0n) is 2.43. The van der Waals surface area contributed by atoms with Gasteiger partial charge in [-0.1, -0.05) is 0 Å². The van der Waals surface area contributed by atoms with Gasteiger partial charge in [0, 0.05) is 0 Å². The van der Waals surface area contributed by atoms with E-state index in [1.807, 2.05) is 0 Å². The Balaban J connectivity index is 0. The molecular formula is CaCeO3. The summed E-state index contributed by atoms with van der Waals surface area (Å²) >= 11 is 0. The van der Waals surface area contributed by atoms with Gasteiger partial charge in [0.15, 0.2) is 0 Å². The zero-order valence-corrected chi connectivity index (χ0v) is 7.78. The molecule has 24 valence electrons. The van der Waals surface area contributed by atoms with Crippen molar-refractivity contribution in [1.29, 1.82) is 0 Å². The van der Waals surface area contributed by atoms with Crippen molar-refractivity contribution >= 4 is 37.7 Å². The van der Waals surface area contributed by atoms with Gasteiger partial charge in [-0.05, 0) is 0 Å². The fourth-order valence-electron chi connectivity index (χ4n) is 0. The molecule has 0 unspecified atom stereocenters. The number of rotatable bonds is 0. The summed E-state index contributed by atoms with van der Waals surface area (Å²) in [6.45, 7) is 0. The summed E-state index contributed by atoms with van der Waals surface area (Å²) in [6, 6.07) is 0. The van der Waals surface area contributed by atoms with E-state index in [1.54, 1.807) is 0 Å². The summed E-state index contributed by atoms with van der Waals surface area (Å²) in [5, 5.41) is 0. The van der Waals surface area contributed by atoms with Gasteiger partial charge >= 0.3 is 79.5 Å². The van der Waals surface area contributed by atoms with Gasteiger partial charge in [0.1, 0.15) is 0 Å². The Bertz CT molecular complexity index is 6.85. The predicted molar refractivity (Wildman–Crippen MR) is 7.81 cm³/mol. The number of hydrogen-bond acceptors (Lipinski definition) is 0. The molecule has 0 bridgehead atoms. The molecule has 0 spiro atoms. The van der Waals surface area contributed by atoms with Crippen LogP contribution >= 0.6 is 0 Å². The van der Waals surface area contributed by atoms with Gasteiger partial charge in [-0.25, -0.2) is 0 Å². The van der Waals surface area contributed by atoms with E-state index >= 15 is 0 Å². The maximum Gasteiger partial charge on any atom is 4.00 e. The van der Waals surface area contributed by atoms with E-state index in [4.69, 9.17) is 0 Å². The molecule has 0 aliphatic heterocycles. The van der Waals surface area contributed by atoms with Gasteiger partial charge in [-0.3, -0.25) is 0 Å². The molecule has 5 heteroatoms. The van der Waals surface area contributed by atoms with E-state index in [0.717, 1.165) is 0 Å². The normalized spacial score (nSPS) is 0. The van der Waals surface area contributed by atoms with Gasteiger partial charge in [0.25, 0.3) is 0 Å². The van der Waals surface area contributed by atoms with Gasteiger partial charge in [0.2, 0.25) is 0 Å². The Morgan fingerprint density at radius 3 is 0.600 bits per heavy atom. The molecule has 0 N–H and O–H groups in total. The third kappa shape index (κ3) is 21.0. The molecule has 0 amide bonds. The van der Waals surface area contributed by atoms with Crippen LogP contribution in [0.15, 0.2) is 0 Å². The average molecular weight is 228 g/mol. The van der Waals surface area contributed by atoms with E-state index < -0.39 is 0 Å². The SMILES string of the molecule is [Ca+2].[Ce+4].[O-2].[O-2].[O-2]. The van der Waals surface area contributed by atoms with E-state index in [0.29, 0.717) is 0 Å². The van der Waals surface area contributed by atoms with Crippen LogP contribution in [0.2, 0.25) is 0 Å². The number of hydrogen-bond donors (Lipinski definition) is 0. The van der Waals surface area contributed by atoms with Crippen LogP contribution in [0.3, 0.4) is 0 Å². The van der Waals surface area contributed by atoms with Crippen molar-refractivity contribution in [3.05, 3.63) is 0 Å². The van der Waals surface area contributed by atoms with Crippen molar-refractivity contribution in [2.75, 3.05) is 0 Å². The van der Waals surface area contributed by atoms with Crippen LogP contribution in [0, 0.1) is 41.7 Å². The zero-order chi connectivity index (χ0) is 0. The molecule has 0 saturated carbocycles. The minimum Gasteiger partial charge on any atom is -2.00 e. The van der Waals surface area contributed by atoms with E-state index in [-0.39, 0.29) is 95.9 Å². The second-order valence-electron chi connectivity index (χ2n) is 0. The third-order valence-corrected chi connectivity index (χ3v) is 0. The summed E-state index contributed by atoms with van der Waals surface area (Å²) in [5.41, 5.74) is 0. The first-order chi connectivity index (χ1) is 0. The summed E-state index contributed by atoms with van der Waals surface area (Å²) in [4.78, 5) is 0. The van der Waals surface area contributed by atoms with Crippen LogP contribution in [0.1, 0.15) is 0 Å². The molecule has 0 radical (unpaired) electrons. The van der Waals surface area contributed by atoms with E-state index in [1.165, 1.54) is 0 Å². The summed E-state index contributed by atoms with van der Waals surface area (Å²) in [6.07, 6.45) is 0. The molecule has 0 aromatic rings. The maximum atomic E-state index is 0. The Morgan fingerprint density at radius 1 is 0.600 bits per heavy atom. The predicted octanol–water partition coefficient (Wildman–Crippen LogP) is -0.737. The smallest absolute Gasteiger partial charge is 2.00 e. The van der Waals surface area contributed by atoms with Crippen LogP contribution in [-0.2, 0) is 16.4 Å². The van der Waals surface area contributed by atoms with Gasteiger partial charge in [0.05, 0.1) is 0 Å². The summed E-state index contributed by atoms with van der Waals surface area (Å²) in [7, 11) is 0. The molecule has 0 rings (SSSR count). The molecule has 0 aromatic heterocycles. The molecule has 0 aromatic carbocycles. The van der Waals surface area contributed by atoms with Crippen molar-refractivity contribution in [2.24, 2.45) is 0 Å². The molecular weight excluding hydrogens is 228 g/mol. The van der Waals surface area contributed by atoms with Crippen molar-refractivity contribution in [3.8, 4) is 0 Å². The Labute approximate surface area is 93.8 Å². The molecule has 0 fully saturated rings. The molecule has 3 nitrogen and oxygen atoms in total. The second-order valence-corrected chi connectivity index (χ2v) is 0. The van der Waals surface area contributed by atoms with Gasteiger partial charge in [-0.2, -0.15) is 0 Å². The second kappa shape index (κ2) is 31.3. The largest absolute Gasteiger partial charge is 4.00 e. The molecule has 0 saturated heterocycles. The van der Waals surface area contributed by atoms with E-state index in [2.05, 4.69) is 0 Å². The first-order valence-corrected chi connectivity index (χ1v) is 0.